The molecule has 1 heterocycles. The van der Waals surface area contributed by atoms with E-state index in [1.807, 2.05) is 18.2 Å². The molecule has 20 heavy (non-hydrogen) atoms. The number of rotatable bonds is 1. The summed E-state index contributed by atoms with van der Waals surface area (Å²) in [5.74, 6) is 0.708. The molecule has 1 aromatic heterocycles. The summed E-state index contributed by atoms with van der Waals surface area (Å²) < 4.78 is 1.78. The summed E-state index contributed by atoms with van der Waals surface area (Å²) in [6.07, 6.45) is 3.26. The minimum Gasteiger partial charge on any atom is -0.383 e. The number of nitrogens with zero attached hydrogens (tertiary/aromatic N) is 3. The van der Waals surface area contributed by atoms with Crippen LogP contribution in [-0.2, 0) is 11.8 Å². The van der Waals surface area contributed by atoms with Gasteiger partial charge in [-0.05, 0) is 42.9 Å². The Balaban J connectivity index is 2.17. The molecule has 0 amide bonds. The van der Waals surface area contributed by atoms with E-state index < -0.39 is 0 Å². The number of nitrogens with two attached hydrogens (primary N) is 1. The highest BCUT2D eigenvalue weighted by Crippen LogP contribution is 2.40. The van der Waals surface area contributed by atoms with Gasteiger partial charge in [0.05, 0.1) is 23.0 Å². The largest absolute Gasteiger partial charge is 0.383 e. The second-order valence-electron chi connectivity index (χ2n) is 6.02. The Morgan fingerprint density at radius 3 is 2.90 bits per heavy atom. The SMILES string of the molecule is CC1(C)CCCc2nn(-c3cccc(C#N)c3)c(N)c21. The molecule has 1 aromatic carbocycles. The number of hydrogen-bond acceptors (Lipinski definition) is 3. The highest BCUT2D eigenvalue weighted by Gasteiger charge is 2.33. The van der Waals surface area contributed by atoms with Gasteiger partial charge in [-0.2, -0.15) is 10.4 Å². The van der Waals surface area contributed by atoms with Crippen molar-refractivity contribution in [2.45, 2.75) is 38.5 Å². The van der Waals surface area contributed by atoms with E-state index in [0.29, 0.717) is 11.4 Å². The molecule has 0 saturated heterocycles. The zero-order chi connectivity index (χ0) is 14.3. The first-order valence-corrected chi connectivity index (χ1v) is 6.91. The zero-order valence-corrected chi connectivity index (χ0v) is 11.8. The van der Waals surface area contributed by atoms with Crippen LogP contribution in [0, 0.1) is 11.3 Å². The minimum absolute atomic E-state index is 0.0722. The molecule has 4 nitrogen and oxygen atoms in total. The molecule has 3 rings (SSSR count). The minimum atomic E-state index is 0.0722. The van der Waals surface area contributed by atoms with Gasteiger partial charge in [-0.15, -0.1) is 0 Å². The molecule has 1 aliphatic carbocycles. The summed E-state index contributed by atoms with van der Waals surface area (Å²) >= 11 is 0. The van der Waals surface area contributed by atoms with E-state index in [2.05, 4.69) is 25.0 Å². The highest BCUT2D eigenvalue weighted by molar-refractivity contribution is 5.55. The Morgan fingerprint density at radius 1 is 1.40 bits per heavy atom. The molecule has 0 saturated carbocycles. The third-order valence-electron chi connectivity index (χ3n) is 4.11. The first kappa shape index (κ1) is 12.7. The van der Waals surface area contributed by atoms with Crippen molar-refractivity contribution < 1.29 is 0 Å². The highest BCUT2D eigenvalue weighted by atomic mass is 15.3. The number of nitrogen functional groups attached to an aromatic ring is 1. The van der Waals surface area contributed by atoms with Crippen molar-refractivity contribution in [3.8, 4) is 11.8 Å². The molecular formula is C16H18N4. The van der Waals surface area contributed by atoms with Crippen LogP contribution in [0.25, 0.3) is 5.69 Å². The zero-order valence-electron chi connectivity index (χ0n) is 11.8. The van der Waals surface area contributed by atoms with Crippen molar-refractivity contribution in [2.24, 2.45) is 0 Å². The van der Waals surface area contributed by atoms with Crippen molar-refractivity contribution in [1.29, 1.82) is 5.26 Å². The van der Waals surface area contributed by atoms with Crippen LogP contribution in [0.1, 0.15) is 43.5 Å². The quantitative estimate of drug-likeness (QED) is 0.862. The van der Waals surface area contributed by atoms with Crippen LogP contribution in [0.15, 0.2) is 24.3 Å². The Labute approximate surface area is 118 Å². The van der Waals surface area contributed by atoms with Gasteiger partial charge in [0.15, 0.2) is 0 Å². The monoisotopic (exact) mass is 266 g/mol. The number of fused-ring (bicyclic) bond motifs is 1. The molecule has 102 valence electrons. The van der Waals surface area contributed by atoms with Crippen LogP contribution in [0.5, 0.6) is 0 Å². The Morgan fingerprint density at radius 2 is 2.20 bits per heavy atom. The molecule has 0 bridgehead atoms. The molecule has 0 unspecified atom stereocenters. The van der Waals surface area contributed by atoms with E-state index >= 15 is 0 Å². The lowest BCUT2D eigenvalue weighted by atomic mass is 9.75. The molecule has 0 aliphatic heterocycles. The number of anilines is 1. The van der Waals surface area contributed by atoms with E-state index in [4.69, 9.17) is 11.0 Å². The summed E-state index contributed by atoms with van der Waals surface area (Å²) in [6, 6.07) is 9.55. The summed E-state index contributed by atoms with van der Waals surface area (Å²) in [4.78, 5) is 0. The number of hydrogen-bond donors (Lipinski definition) is 1. The van der Waals surface area contributed by atoms with Crippen LogP contribution in [0.3, 0.4) is 0 Å². The summed E-state index contributed by atoms with van der Waals surface area (Å²) in [7, 11) is 0. The predicted octanol–water partition coefficient (Wildman–Crippen LogP) is 2.94. The lowest BCUT2D eigenvalue weighted by Gasteiger charge is -2.29. The van der Waals surface area contributed by atoms with Crippen LogP contribution in [-0.4, -0.2) is 9.78 Å². The molecule has 0 fully saturated rings. The van der Waals surface area contributed by atoms with Crippen molar-refractivity contribution in [2.75, 3.05) is 5.73 Å². The Hall–Kier alpha value is -2.28. The van der Waals surface area contributed by atoms with Crippen molar-refractivity contribution >= 4 is 5.82 Å². The second-order valence-corrected chi connectivity index (χ2v) is 6.02. The van der Waals surface area contributed by atoms with Gasteiger partial charge in [0, 0.05) is 5.56 Å². The van der Waals surface area contributed by atoms with Crippen LogP contribution >= 0.6 is 0 Å². The summed E-state index contributed by atoms with van der Waals surface area (Å²) in [6.45, 7) is 4.44. The van der Waals surface area contributed by atoms with Gasteiger partial charge in [0.1, 0.15) is 5.82 Å². The molecule has 2 N–H and O–H groups in total. The topological polar surface area (TPSA) is 67.6 Å². The smallest absolute Gasteiger partial charge is 0.131 e. The maximum atomic E-state index is 9.01. The summed E-state index contributed by atoms with van der Waals surface area (Å²) in [5, 5.41) is 13.7. The number of aromatic nitrogens is 2. The second kappa shape index (κ2) is 4.38. The fraction of sp³-hybridized carbons (Fsp3) is 0.375. The molecule has 4 heteroatoms. The number of benzene rings is 1. The van der Waals surface area contributed by atoms with E-state index in [-0.39, 0.29) is 5.41 Å². The molecule has 0 spiro atoms. The van der Waals surface area contributed by atoms with Crippen LogP contribution in [0.2, 0.25) is 0 Å². The van der Waals surface area contributed by atoms with Crippen LogP contribution in [0.4, 0.5) is 5.82 Å². The normalized spacial score (nSPS) is 16.4. The maximum Gasteiger partial charge on any atom is 0.131 e. The van der Waals surface area contributed by atoms with E-state index in [1.54, 1.807) is 10.7 Å². The van der Waals surface area contributed by atoms with Crippen LogP contribution < -0.4 is 5.73 Å². The fourth-order valence-electron chi connectivity index (χ4n) is 3.12. The van der Waals surface area contributed by atoms with Crippen molar-refractivity contribution in [1.82, 2.24) is 9.78 Å². The van der Waals surface area contributed by atoms with Crippen molar-refractivity contribution in [3.63, 3.8) is 0 Å². The molecule has 1 aliphatic rings. The fourth-order valence-corrected chi connectivity index (χ4v) is 3.12. The summed E-state index contributed by atoms with van der Waals surface area (Å²) in [5.41, 5.74) is 10.2. The third kappa shape index (κ3) is 1.87. The lowest BCUT2D eigenvalue weighted by Crippen LogP contribution is -2.24. The van der Waals surface area contributed by atoms with Crippen molar-refractivity contribution in [3.05, 3.63) is 41.1 Å². The Bertz CT molecular complexity index is 704. The number of aryl methyl sites for hydroxylation is 1. The van der Waals surface area contributed by atoms with E-state index in [9.17, 15) is 0 Å². The van der Waals surface area contributed by atoms with Gasteiger partial charge >= 0.3 is 0 Å². The van der Waals surface area contributed by atoms with Gasteiger partial charge in [0.25, 0.3) is 0 Å². The molecule has 0 radical (unpaired) electrons. The van der Waals surface area contributed by atoms with Gasteiger partial charge in [-0.1, -0.05) is 19.9 Å². The number of nitriles is 1. The van der Waals surface area contributed by atoms with Gasteiger partial charge in [-0.25, -0.2) is 4.68 Å². The maximum absolute atomic E-state index is 9.01. The molecular weight excluding hydrogens is 248 g/mol. The lowest BCUT2D eigenvalue weighted by molar-refractivity contribution is 0.432. The predicted molar refractivity (Wildman–Crippen MR) is 78.7 cm³/mol. The first-order chi connectivity index (χ1) is 9.53. The van der Waals surface area contributed by atoms with E-state index in [0.717, 1.165) is 30.6 Å². The first-order valence-electron chi connectivity index (χ1n) is 6.91. The Kier molecular flexibility index (Phi) is 2.79. The third-order valence-corrected chi connectivity index (χ3v) is 4.11. The van der Waals surface area contributed by atoms with Gasteiger partial charge in [-0.3, -0.25) is 0 Å². The van der Waals surface area contributed by atoms with E-state index in [1.165, 1.54) is 5.56 Å². The molecule has 0 atom stereocenters. The standard InChI is InChI=1S/C16H18N4/c1-16(2)8-4-7-13-14(16)15(18)20(19-13)12-6-3-5-11(9-12)10-17/h3,5-6,9H,4,7-8,18H2,1-2H3. The van der Waals surface area contributed by atoms with Gasteiger partial charge < -0.3 is 5.73 Å². The van der Waals surface area contributed by atoms with Gasteiger partial charge in [0.2, 0.25) is 0 Å². The molecule has 2 aromatic rings. The average Bonchev–Trinajstić information content (AvgIpc) is 2.77. The average molecular weight is 266 g/mol.